The van der Waals surface area contributed by atoms with Crippen molar-refractivity contribution in [2.75, 3.05) is 44.8 Å². The van der Waals surface area contributed by atoms with E-state index in [1.54, 1.807) is 6.92 Å². The number of morpholine rings is 1. The molecule has 0 aliphatic carbocycles. The molecule has 1 aromatic heterocycles. The van der Waals surface area contributed by atoms with Crippen LogP contribution < -0.4 is 10.2 Å². The zero-order valence-electron chi connectivity index (χ0n) is 13.3. The predicted molar refractivity (Wildman–Crippen MR) is 84.8 cm³/mol. The van der Waals surface area contributed by atoms with Crippen LogP contribution in [0, 0.1) is 13.8 Å². The van der Waals surface area contributed by atoms with Crippen LogP contribution in [-0.4, -0.2) is 51.3 Å². The van der Waals surface area contributed by atoms with Crippen molar-refractivity contribution in [3.63, 3.8) is 0 Å². The van der Waals surface area contributed by atoms with E-state index in [-0.39, 0.29) is 11.9 Å². The van der Waals surface area contributed by atoms with Gasteiger partial charge in [-0.05, 0) is 26.3 Å². The Morgan fingerprint density at radius 1 is 1.32 bits per heavy atom. The topological polar surface area (TPSA) is 69.1 Å². The number of rotatable bonds is 5. The van der Waals surface area contributed by atoms with Gasteiger partial charge in [0.1, 0.15) is 18.1 Å². The van der Waals surface area contributed by atoms with Gasteiger partial charge in [-0.2, -0.15) is 0 Å². The van der Waals surface area contributed by atoms with Crippen LogP contribution >= 0.6 is 11.3 Å². The van der Waals surface area contributed by atoms with Gasteiger partial charge in [0.25, 0.3) is 5.91 Å². The lowest BCUT2D eigenvalue weighted by Crippen LogP contribution is -3.15. The zero-order valence-corrected chi connectivity index (χ0v) is 14.1. The van der Waals surface area contributed by atoms with Gasteiger partial charge in [-0.25, -0.2) is 4.79 Å². The fourth-order valence-electron chi connectivity index (χ4n) is 2.40. The molecule has 0 atom stereocenters. The Labute approximate surface area is 134 Å². The molecule has 0 aromatic carbocycles. The number of ether oxygens (including phenoxy) is 2. The fraction of sp³-hybridized carbons (Fsp3) is 0.600. The van der Waals surface area contributed by atoms with E-state index in [1.165, 1.54) is 16.2 Å². The first-order chi connectivity index (χ1) is 10.5. The molecular formula is C15H23N2O4S+. The van der Waals surface area contributed by atoms with Gasteiger partial charge in [0.15, 0.2) is 6.54 Å². The molecule has 0 spiro atoms. The molecule has 1 amide bonds. The third-order valence-electron chi connectivity index (χ3n) is 3.73. The number of hydrogen-bond donors (Lipinski definition) is 2. The molecule has 1 aliphatic rings. The quantitative estimate of drug-likeness (QED) is 0.768. The first kappa shape index (κ1) is 16.9. The van der Waals surface area contributed by atoms with Gasteiger partial charge in [0.05, 0.1) is 25.4 Å². The first-order valence-electron chi connectivity index (χ1n) is 7.51. The largest absolute Gasteiger partial charge is 0.462 e. The van der Waals surface area contributed by atoms with Gasteiger partial charge in [-0.1, -0.05) is 0 Å². The molecule has 6 nitrogen and oxygen atoms in total. The van der Waals surface area contributed by atoms with Crippen LogP contribution in [0.1, 0.15) is 27.7 Å². The van der Waals surface area contributed by atoms with Crippen LogP contribution in [-0.2, 0) is 14.3 Å². The first-order valence-corrected chi connectivity index (χ1v) is 8.32. The molecule has 2 N–H and O–H groups in total. The highest BCUT2D eigenvalue weighted by molar-refractivity contribution is 7.16. The van der Waals surface area contributed by atoms with Gasteiger partial charge in [-0.15, -0.1) is 11.3 Å². The Morgan fingerprint density at radius 2 is 2.00 bits per heavy atom. The Kier molecular flexibility index (Phi) is 5.93. The Balaban J connectivity index is 2.06. The van der Waals surface area contributed by atoms with Gasteiger partial charge in [0, 0.05) is 4.88 Å². The Hall–Kier alpha value is -1.44. The van der Waals surface area contributed by atoms with E-state index in [0.29, 0.717) is 36.9 Å². The van der Waals surface area contributed by atoms with E-state index in [2.05, 4.69) is 5.32 Å². The van der Waals surface area contributed by atoms with Crippen LogP contribution in [0.5, 0.6) is 0 Å². The molecule has 1 aliphatic heterocycles. The molecule has 0 saturated carbocycles. The summed E-state index contributed by atoms with van der Waals surface area (Å²) in [6.07, 6.45) is 0. The Bertz CT molecular complexity index is 550. The number of nitrogens with one attached hydrogen (secondary N) is 2. The number of esters is 1. The summed E-state index contributed by atoms with van der Waals surface area (Å²) in [5.74, 6) is -0.456. The van der Waals surface area contributed by atoms with Gasteiger partial charge >= 0.3 is 5.97 Å². The third-order valence-corrected chi connectivity index (χ3v) is 4.85. The number of carbonyl (C=O) groups is 2. The lowest BCUT2D eigenvalue weighted by Gasteiger charge is -2.23. The molecule has 7 heteroatoms. The lowest BCUT2D eigenvalue weighted by molar-refractivity contribution is -0.899. The summed E-state index contributed by atoms with van der Waals surface area (Å²) < 4.78 is 10.4. The Morgan fingerprint density at radius 3 is 2.64 bits per heavy atom. The molecule has 1 fully saturated rings. The van der Waals surface area contributed by atoms with E-state index >= 15 is 0 Å². The molecule has 2 heterocycles. The highest BCUT2D eigenvalue weighted by atomic mass is 32.1. The third kappa shape index (κ3) is 4.06. The molecule has 22 heavy (non-hydrogen) atoms. The van der Waals surface area contributed by atoms with Crippen molar-refractivity contribution in [2.24, 2.45) is 0 Å². The summed E-state index contributed by atoms with van der Waals surface area (Å²) in [5.41, 5.74) is 1.35. The SMILES string of the molecule is CCOC(=O)c1c(NC(=O)C[NH+]2CCOCC2)sc(C)c1C. The molecule has 0 radical (unpaired) electrons. The van der Waals surface area contributed by atoms with Crippen LogP contribution in [0.25, 0.3) is 0 Å². The molecule has 0 bridgehead atoms. The average molecular weight is 327 g/mol. The second kappa shape index (κ2) is 7.71. The van der Waals surface area contributed by atoms with E-state index in [1.807, 2.05) is 13.8 Å². The van der Waals surface area contributed by atoms with Crippen LogP contribution in [0.4, 0.5) is 5.00 Å². The van der Waals surface area contributed by atoms with Crippen LogP contribution in [0.3, 0.4) is 0 Å². The van der Waals surface area contributed by atoms with E-state index < -0.39 is 0 Å². The highest BCUT2D eigenvalue weighted by Gasteiger charge is 2.24. The average Bonchev–Trinajstić information content (AvgIpc) is 2.74. The summed E-state index contributed by atoms with van der Waals surface area (Å²) in [6.45, 7) is 9.34. The minimum absolute atomic E-state index is 0.0799. The minimum atomic E-state index is -0.377. The monoisotopic (exact) mass is 327 g/mol. The maximum atomic E-state index is 12.2. The van der Waals surface area contributed by atoms with Crippen LogP contribution in [0.2, 0.25) is 0 Å². The van der Waals surface area contributed by atoms with Crippen LogP contribution in [0.15, 0.2) is 0 Å². The fourth-order valence-corrected chi connectivity index (χ4v) is 3.46. The van der Waals surface area contributed by atoms with Crippen molar-refractivity contribution in [2.45, 2.75) is 20.8 Å². The molecule has 1 aromatic rings. The zero-order chi connectivity index (χ0) is 16.1. The van der Waals surface area contributed by atoms with Gasteiger partial charge in [-0.3, -0.25) is 4.79 Å². The van der Waals surface area contributed by atoms with E-state index in [0.717, 1.165) is 23.5 Å². The predicted octanol–water partition coefficient (Wildman–Crippen LogP) is 0.395. The number of hydrogen-bond acceptors (Lipinski definition) is 5. The number of amides is 1. The minimum Gasteiger partial charge on any atom is -0.462 e. The summed E-state index contributed by atoms with van der Waals surface area (Å²) in [7, 11) is 0. The maximum absolute atomic E-state index is 12.2. The van der Waals surface area contributed by atoms with Crippen molar-refractivity contribution in [3.8, 4) is 0 Å². The maximum Gasteiger partial charge on any atom is 0.341 e. The number of anilines is 1. The van der Waals surface area contributed by atoms with Crippen molar-refractivity contribution in [3.05, 3.63) is 16.0 Å². The second-order valence-corrected chi connectivity index (χ2v) is 6.52. The van der Waals surface area contributed by atoms with Crippen molar-refractivity contribution in [1.82, 2.24) is 0 Å². The summed E-state index contributed by atoms with van der Waals surface area (Å²) in [5, 5.41) is 3.46. The summed E-state index contributed by atoms with van der Waals surface area (Å²) >= 11 is 1.42. The van der Waals surface area contributed by atoms with Gasteiger partial charge < -0.3 is 19.7 Å². The molecule has 122 valence electrons. The van der Waals surface area contributed by atoms with Crippen molar-refractivity contribution >= 4 is 28.2 Å². The summed E-state index contributed by atoms with van der Waals surface area (Å²) in [6, 6.07) is 0. The van der Waals surface area contributed by atoms with E-state index in [4.69, 9.17) is 9.47 Å². The molecular weight excluding hydrogens is 304 g/mol. The van der Waals surface area contributed by atoms with E-state index in [9.17, 15) is 9.59 Å². The standard InChI is InChI=1S/C15H22N2O4S/c1-4-21-15(19)13-10(2)11(3)22-14(13)16-12(18)9-17-5-7-20-8-6-17/h4-9H2,1-3H3,(H,16,18)/p+1. The molecule has 0 unspecified atom stereocenters. The summed E-state index contributed by atoms with van der Waals surface area (Å²) in [4.78, 5) is 26.5. The normalized spacial score (nSPS) is 15.6. The van der Waals surface area contributed by atoms with Gasteiger partial charge in [0.2, 0.25) is 0 Å². The van der Waals surface area contributed by atoms with Crippen molar-refractivity contribution < 1.29 is 24.0 Å². The lowest BCUT2D eigenvalue weighted by atomic mass is 10.1. The smallest absolute Gasteiger partial charge is 0.341 e. The second-order valence-electron chi connectivity index (χ2n) is 5.30. The van der Waals surface area contributed by atoms with Crippen molar-refractivity contribution in [1.29, 1.82) is 0 Å². The number of carbonyl (C=O) groups excluding carboxylic acids is 2. The molecule has 2 rings (SSSR count). The number of quaternary nitrogens is 1. The molecule has 1 saturated heterocycles. The number of thiophene rings is 1. The highest BCUT2D eigenvalue weighted by Crippen LogP contribution is 2.32. The number of aryl methyl sites for hydroxylation is 1.